The molecule has 2 N–H and O–H groups in total. The Bertz CT molecular complexity index is 876. The molecule has 3 aromatic rings. The SMILES string of the molecule is COc1ccc(Cn2ccc3ncc(C(=O)NO)cc32)c(Cl)c1. The molecule has 0 saturated carbocycles. The number of pyridine rings is 1. The lowest BCUT2D eigenvalue weighted by atomic mass is 10.2. The van der Waals surface area contributed by atoms with E-state index in [0.29, 0.717) is 17.3 Å². The van der Waals surface area contributed by atoms with Crippen LogP contribution in [0.25, 0.3) is 11.0 Å². The summed E-state index contributed by atoms with van der Waals surface area (Å²) < 4.78 is 7.08. The maximum Gasteiger partial charge on any atom is 0.276 e. The molecule has 1 amide bonds. The largest absolute Gasteiger partial charge is 0.497 e. The van der Waals surface area contributed by atoms with Crippen molar-refractivity contribution in [2.45, 2.75) is 6.54 Å². The number of nitrogens with zero attached hydrogens (tertiary/aromatic N) is 2. The van der Waals surface area contributed by atoms with Gasteiger partial charge < -0.3 is 9.30 Å². The van der Waals surface area contributed by atoms with Crippen LogP contribution in [-0.4, -0.2) is 27.8 Å². The first kappa shape index (κ1) is 15.3. The number of halogens is 1. The molecule has 2 heterocycles. The predicted molar refractivity (Wildman–Crippen MR) is 86.1 cm³/mol. The van der Waals surface area contributed by atoms with Gasteiger partial charge in [-0.1, -0.05) is 17.7 Å². The average molecular weight is 332 g/mol. The second kappa shape index (κ2) is 6.28. The van der Waals surface area contributed by atoms with Crippen LogP contribution in [0.2, 0.25) is 5.02 Å². The lowest BCUT2D eigenvalue weighted by Gasteiger charge is -2.09. The molecule has 7 heteroatoms. The molecule has 6 nitrogen and oxygen atoms in total. The number of ether oxygens (including phenoxy) is 1. The molecule has 0 bridgehead atoms. The van der Waals surface area contributed by atoms with Gasteiger partial charge in [-0.25, -0.2) is 5.48 Å². The summed E-state index contributed by atoms with van der Waals surface area (Å²) in [6, 6.07) is 9.02. The molecule has 0 aliphatic rings. The van der Waals surface area contributed by atoms with Gasteiger partial charge in [0, 0.05) is 24.0 Å². The molecule has 0 aliphatic heterocycles. The molecule has 1 aromatic carbocycles. The number of methoxy groups -OCH3 is 1. The number of carbonyl (C=O) groups excluding carboxylic acids is 1. The molecule has 0 fully saturated rings. The Hall–Kier alpha value is -2.57. The maximum atomic E-state index is 11.5. The summed E-state index contributed by atoms with van der Waals surface area (Å²) >= 11 is 6.27. The van der Waals surface area contributed by atoms with Crippen molar-refractivity contribution >= 4 is 28.5 Å². The van der Waals surface area contributed by atoms with Crippen LogP contribution in [-0.2, 0) is 6.54 Å². The number of rotatable bonds is 4. The Kier molecular flexibility index (Phi) is 4.18. The van der Waals surface area contributed by atoms with Crippen molar-refractivity contribution in [3.8, 4) is 5.75 Å². The highest BCUT2D eigenvalue weighted by molar-refractivity contribution is 6.31. The fourth-order valence-corrected chi connectivity index (χ4v) is 2.59. The van der Waals surface area contributed by atoms with E-state index < -0.39 is 5.91 Å². The smallest absolute Gasteiger partial charge is 0.276 e. The van der Waals surface area contributed by atoms with Crippen LogP contribution in [0.3, 0.4) is 0 Å². The summed E-state index contributed by atoms with van der Waals surface area (Å²) in [5, 5.41) is 9.34. The molecule has 2 aromatic heterocycles. The van der Waals surface area contributed by atoms with E-state index in [1.807, 2.05) is 29.0 Å². The molecule has 118 valence electrons. The van der Waals surface area contributed by atoms with E-state index >= 15 is 0 Å². The van der Waals surface area contributed by atoms with Crippen molar-refractivity contribution in [2.75, 3.05) is 7.11 Å². The average Bonchev–Trinajstić information content (AvgIpc) is 2.98. The first-order valence-electron chi connectivity index (χ1n) is 6.84. The molecule has 23 heavy (non-hydrogen) atoms. The zero-order valence-corrected chi connectivity index (χ0v) is 13.0. The number of hydrogen-bond acceptors (Lipinski definition) is 4. The second-order valence-electron chi connectivity index (χ2n) is 4.97. The van der Waals surface area contributed by atoms with Gasteiger partial charge in [0.15, 0.2) is 0 Å². The minimum atomic E-state index is -0.602. The van der Waals surface area contributed by atoms with Crippen molar-refractivity contribution < 1.29 is 14.7 Å². The summed E-state index contributed by atoms with van der Waals surface area (Å²) in [4.78, 5) is 15.7. The number of nitrogens with one attached hydrogen (secondary N) is 1. The molecule has 0 aliphatic carbocycles. The van der Waals surface area contributed by atoms with E-state index in [0.717, 1.165) is 16.6 Å². The summed E-state index contributed by atoms with van der Waals surface area (Å²) in [5.41, 5.74) is 4.33. The number of carbonyl (C=O) groups is 1. The zero-order chi connectivity index (χ0) is 16.4. The number of hydrogen-bond donors (Lipinski definition) is 2. The van der Waals surface area contributed by atoms with Gasteiger partial charge >= 0.3 is 0 Å². The fourth-order valence-electron chi connectivity index (χ4n) is 2.36. The minimum Gasteiger partial charge on any atom is -0.497 e. The number of benzene rings is 1. The Balaban J connectivity index is 1.98. The van der Waals surface area contributed by atoms with Gasteiger partial charge in [-0.15, -0.1) is 0 Å². The Labute approximate surface area is 137 Å². The van der Waals surface area contributed by atoms with Gasteiger partial charge in [-0.05, 0) is 29.8 Å². The van der Waals surface area contributed by atoms with Crippen LogP contribution in [0.1, 0.15) is 15.9 Å². The summed E-state index contributed by atoms with van der Waals surface area (Å²) in [5.74, 6) is 0.0920. The normalized spacial score (nSPS) is 10.7. The topological polar surface area (TPSA) is 76.4 Å². The maximum absolute atomic E-state index is 11.5. The van der Waals surface area contributed by atoms with Crippen LogP contribution in [0.15, 0.2) is 42.7 Å². The summed E-state index contributed by atoms with van der Waals surface area (Å²) in [6.07, 6.45) is 3.29. The molecule has 0 radical (unpaired) electrons. The van der Waals surface area contributed by atoms with Crippen LogP contribution in [0, 0.1) is 0 Å². The van der Waals surface area contributed by atoms with Gasteiger partial charge in [-0.3, -0.25) is 15.0 Å². The fraction of sp³-hybridized carbons (Fsp3) is 0.125. The predicted octanol–water partition coefficient (Wildman–Crippen LogP) is 2.87. The quantitative estimate of drug-likeness (QED) is 0.569. The first-order valence-corrected chi connectivity index (χ1v) is 7.22. The third-order valence-electron chi connectivity index (χ3n) is 3.58. The van der Waals surface area contributed by atoms with Crippen molar-refractivity contribution in [1.82, 2.24) is 15.0 Å². The van der Waals surface area contributed by atoms with E-state index in [1.165, 1.54) is 6.20 Å². The first-order chi connectivity index (χ1) is 11.1. The molecule has 0 spiro atoms. The zero-order valence-electron chi connectivity index (χ0n) is 12.3. The van der Waals surface area contributed by atoms with Gasteiger partial charge in [-0.2, -0.15) is 0 Å². The Morgan fingerprint density at radius 1 is 1.39 bits per heavy atom. The van der Waals surface area contributed by atoms with E-state index in [4.69, 9.17) is 21.5 Å². The number of amides is 1. The minimum absolute atomic E-state index is 0.278. The number of hydroxylamine groups is 1. The van der Waals surface area contributed by atoms with E-state index in [1.54, 1.807) is 24.7 Å². The molecule has 0 unspecified atom stereocenters. The molecular formula is C16H14ClN3O3. The van der Waals surface area contributed by atoms with Gasteiger partial charge in [0.05, 0.1) is 23.7 Å². The van der Waals surface area contributed by atoms with Crippen LogP contribution >= 0.6 is 11.6 Å². The lowest BCUT2D eigenvalue weighted by molar-refractivity contribution is 0.0706. The molecule has 0 saturated heterocycles. The summed E-state index contributed by atoms with van der Waals surface area (Å²) in [7, 11) is 1.59. The summed E-state index contributed by atoms with van der Waals surface area (Å²) in [6.45, 7) is 0.526. The van der Waals surface area contributed by atoms with E-state index in [-0.39, 0.29) is 5.56 Å². The highest BCUT2D eigenvalue weighted by Gasteiger charge is 2.10. The van der Waals surface area contributed by atoms with E-state index in [9.17, 15) is 4.79 Å². The lowest BCUT2D eigenvalue weighted by Crippen LogP contribution is -2.18. The number of fused-ring (bicyclic) bond motifs is 1. The standard InChI is InChI=1S/C16H14ClN3O3/c1-23-12-3-2-10(13(17)7-12)9-20-5-4-14-15(20)6-11(8-18-14)16(21)19-22/h2-8,22H,9H2,1H3,(H,19,21). The van der Waals surface area contributed by atoms with Crippen LogP contribution in [0.5, 0.6) is 5.75 Å². The third-order valence-corrected chi connectivity index (χ3v) is 3.94. The van der Waals surface area contributed by atoms with Gasteiger partial charge in [0.25, 0.3) is 5.91 Å². The van der Waals surface area contributed by atoms with Gasteiger partial charge in [0.1, 0.15) is 5.75 Å². The highest BCUT2D eigenvalue weighted by atomic mass is 35.5. The number of aromatic nitrogens is 2. The van der Waals surface area contributed by atoms with Crippen molar-refractivity contribution in [3.05, 3.63) is 58.9 Å². The van der Waals surface area contributed by atoms with Crippen molar-refractivity contribution in [3.63, 3.8) is 0 Å². The van der Waals surface area contributed by atoms with Crippen LogP contribution < -0.4 is 10.2 Å². The van der Waals surface area contributed by atoms with Crippen molar-refractivity contribution in [1.29, 1.82) is 0 Å². The van der Waals surface area contributed by atoms with Gasteiger partial charge in [0.2, 0.25) is 0 Å². The van der Waals surface area contributed by atoms with E-state index in [2.05, 4.69) is 4.98 Å². The van der Waals surface area contributed by atoms with Crippen molar-refractivity contribution in [2.24, 2.45) is 0 Å². The Morgan fingerprint density at radius 3 is 2.91 bits per heavy atom. The monoisotopic (exact) mass is 331 g/mol. The van der Waals surface area contributed by atoms with Crippen LogP contribution in [0.4, 0.5) is 0 Å². The second-order valence-corrected chi connectivity index (χ2v) is 5.38. The highest BCUT2D eigenvalue weighted by Crippen LogP contribution is 2.25. The molecular weight excluding hydrogens is 318 g/mol. The third kappa shape index (κ3) is 2.99. The Morgan fingerprint density at radius 2 is 2.22 bits per heavy atom. The molecule has 0 atom stereocenters. The molecule has 3 rings (SSSR count).